The molecule has 1 saturated carbocycles. The Morgan fingerprint density at radius 2 is 0.983 bits per heavy atom. The maximum atomic E-state index is 12.8. The summed E-state index contributed by atoms with van der Waals surface area (Å²) in [7, 11) is -5.03. The molecular weight excluding hydrogens is 787 g/mol. The third-order valence-corrected chi connectivity index (χ3v) is 11.7. The predicted octanol–water partition coefficient (Wildman–Crippen LogP) is 9.64. The second-order valence-corrected chi connectivity index (χ2v) is 17.6. The number of ether oxygens (including phenoxy) is 2. The van der Waals surface area contributed by atoms with Crippen molar-refractivity contribution < 1.29 is 58.3 Å². The van der Waals surface area contributed by atoms with Crippen LogP contribution < -0.4 is 0 Å². The average Bonchev–Trinajstić information content (AvgIpc) is 3.23. The van der Waals surface area contributed by atoms with Gasteiger partial charge in [-0.1, -0.05) is 172 Å². The standard InChI is InChI=1S/C47H85O12P/c1-3-5-7-9-11-13-15-17-19-20-21-23-25-27-29-31-33-35-37-56-38-40(39-57-60(54,55)59-47-45(52)43(50)42(49)44(51)46(47)53)58-41(48)36-34-32-30-28-26-24-22-18-16-14-12-10-8-6-4-2/h6,8,12,14,18,22,26,28,40,42-47,49-53H,3-5,7,9-11,13,15-17,19-21,23-25,27,29-39H2,1-2H3,(H,54,55)/b8-6-,14-12-,22-18-,28-26-/t40-,42?,43-,44?,45?,46?,47?/m1/s1. The smallest absolute Gasteiger partial charge is 0.457 e. The molecule has 13 heteroatoms. The van der Waals surface area contributed by atoms with Gasteiger partial charge >= 0.3 is 13.8 Å². The highest BCUT2D eigenvalue weighted by Gasteiger charge is 2.51. The highest BCUT2D eigenvalue weighted by Crippen LogP contribution is 2.47. The Bertz CT molecular complexity index is 1180. The van der Waals surface area contributed by atoms with Gasteiger partial charge in [0.05, 0.1) is 13.2 Å². The van der Waals surface area contributed by atoms with E-state index in [1.165, 1.54) is 96.3 Å². The molecule has 0 amide bonds. The van der Waals surface area contributed by atoms with E-state index in [4.69, 9.17) is 18.5 Å². The van der Waals surface area contributed by atoms with Crippen LogP contribution in [0.5, 0.6) is 0 Å². The van der Waals surface area contributed by atoms with E-state index in [1.807, 2.05) is 0 Å². The normalized spacial score (nSPS) is 22.7. The van der Waals surface area contributed by atoms with Gasteiger partial charge in [-0.3, -0.25) is 13.8 Å². The fourth-order valence-corrected chi connectivity index (χ4v) is 7.97. The maximum Gasteiger partial charge on any atom is 0.472 e. The van der Waals surface area contributed by atoms with Gasteiger partial charge < -0.3 is 39.9 Å². The maximum absolute atomic E-state index is 12.8. The van der Waals surface area contributed by atoms with Crippen LogP contribution >= 0.6 is 7.82 Å². The Morgan fingerprint density at radius 1 is 0.550 bits per heavy atom. The molecule has 0 aromatic rings. The molecule has 350 valence electrons. The van der Waals surface area contributed by atoms with Crippen LogP contribution in [-0.2, 0) is 27.9 Å². The summed E-state index contributed by atoms with van der Waals surface area (Å²) in [6.45, 7) is 4.11. The molecule has 8 atom stereocenters. The van der Waals surface area contributed by atoms with E-state index in [0.29, 0.717) is 13.0 Å². The SMILES string of the molecule is CC/C=C\C/C=C\C/C=C\C/C=C\CCCCC(=O)O[C@H](COCCCCCCCCCCCCCCCCCCCC)COP(=O)(O)OC1C(O)C(O)C(O)[C@@H](O)C1O. The first-order valence-electron chi connectivity index (χ1n) is 23.5. The van der Waals surface area contributed by atoms with Crippen LogP contribution in [0.2, 0.25) is 0 Å². The molecule has 6 unspecified atom stereocenters. The van der Waals surface area contributed by atoms with Gasteiger partial charge in [0.2, 0.25) is 0 Å². The molecule has 6 N–H and O–H groups in total. The number of hydrogen-bond donors (Lipinski definition) is 6. The minimum Gasteiger partial charge on any atom is -0.457 e. The summed E-state index contributed by atoms with van der Waals surface area (Å²) in [6.07, 6.45) is 33.3. The minimum absolute atomic E-state index is 0.0923. The van der Waals surface area contributed by atoms with Crippen LogP contribution in [0.3, 0.4) is 0 Å². The number of rotatable bonds is 39. The van der Waals surface area contributed by atoms with E-state index >= 15 is 0 Å². The highest BCUT2D eigenvalue weighted by atomic mass is 31.2. The first-order chi connectivity index (χ1) is 29.0. The van der Waals surface area contributed by atoms with E-state index in [0.717, 1.165) is 57.8 Å². The van der Waals surface area contributed by atoms with Gasteiger partial charge in [-0.2, -0.15) is 0 Å². The topological polar surface area (TPSA) is 192 Å². The lowest BCUT2D eigenvalue weighted by molar-refractivity contribution is -0.220. The Balaban J connectivity index is 2.40. The van der Waals surface area contributed by atoms with E-state index in [9.17, 15) is 39.8 Å². The van der Waals surface area contributed by atoms with E-state index in [1.54, 1.807) is 0 Å². The van der Waals surface area contributed by atoms with Crippen molar-refractivity contribution >= 4 is 13.8 Å². The molecule has 0 bridgehead atoms. The number of carbonyl (C=O) groups excluding carboxylic acids is 1. The molecule has 1 aliphatic carbocycles. The van der Waals surface area contributed by atoms with Gasteiger partial charge in [-0.05, 0) is 51.4 Å². The first kappa shape index (κ1) is 56.3. The molecule has 0 aliphatic heterocycles. The number of allylic oxidation sites excluding steroid dienone is 8. The van der Waals surface area contributed by atoms with Gasteiger partial charge in [0.1, 0.15) is 42.7 Å². The van der Waals surface area contributed by atoms with Crippen LogP contribution in [0.4, 0.5) is 0 Å². The summed E-state index contributed by atoms with van der Waals surface area (Å²) in [4.78, 5) is 23.1. The summed E-state index contributed by atoms with van der Waals surface area (Å²) < 4.78 is 34.1. The molecule has 0 aromatic carbocycles. The highest BCUT2D eigenvalue weighted by molar-refractivity contribution is 7.47. The van der Waals surface area contributed by atoms with Gasteiger partial charge in [0.25, 0.3) is 0 Å². The average molecular weight is 873 g/mol. The largest absolute Gasteiger partial charge is 0.472 e. The lowest BCUT2D eigenvalue weighted by atomic mass is 9.85. The molecule has 0 saturated heterocycles. The summed E-state index contributed by atoms with van der Waals surface area (Å²) in [5, 5.41) is 50.2. The van der Waals surface area contributed by atoms with Crippen molar-refractivity contribution in [1.82, 2.24) is 0 Å². The molecule has 1 rings (SSSR count). The number of esters is 1. The van der Waals surface area contributed by atoms with Crippen LogP contribution in [0.15, 0.2) is 48.6 Å². The van der Waals surface area contributed by atoms with E-state index in [-0.39, 0.29) is 13.0 Å². The zero-order valence-electron chi connectivity index (χ0n) is 37.2. The molecule has 12 nitrogen and oxygen atoms in total. The number of unbranched alkanes of at least 4 members (excludes halogenated alkanes) is 19. The third kappa shape index (κ3) is 29.6. The zero-order valence-corrected chi connectivity index (χ0v) is 38.1. The Hall–Kier alpha value is -1.70. The van der Waals surface area contributed by atoms with Crippen molar-refractivity contribution in [2.75, 3.05) is 19.8 Å². The molecule has 1 aliphatic rings. The molecule has 1 fully saturated rings. The predicted molar refractivity (Wildman–Crippen MR) is 239 cm³/mol. The number of hydrogen-bond acceptors (Lipinski definition) is 11. The Morgan fingerprint density at radius 3 is 1.47 bits per heavy atom. The number of aliphatic hydroxyl groups excluding tert-OH is 5. The van der Waals surface area contributed by atoms with Crippen molar-refractivity contribution in [2.24, 2.45) is 0 Å². The Labute approximate surface area is 363 Å². The quantitative estimate of drug-likeness (QED) is 0.0149. The van der Waals surface area contributed by atoms with Gasteiger partial charge in [-0.25, -0.2) is 4.57 Å². The van der Waals surface area contributed by atoms with Crippen LogP contribution in [0.25, 0.3) is 0 Å². The fourth-order valence-electron chi connectivity index (χ4n) is 6.99. The molecule has 0 spiro atoms. The first-order valence-corrected chi connectivity index (χ1v) is 25.0. The van der Waals surface area contributed by atoms with Gasteiger partial charge in [0, 0.05) is 13.0 Å². The van der Waals surface area contributed by atoms with Crippen LogP contribution in [-0.4, -0.2) is 98.9 Å². The Kier molecular flexibility index (Phi) is 35.5. The van der Waals surface area contributed by atoms with Crippen molar-refractivity contribution in [3.8, 4) is 0 Å². The summed E-state index contributed by atoms with van der Waals surface area (Å²) in [5.74, 6) is -0.516. The number of phosphoric ester groups is 1. The zero-order chi connectivity index (χ0) is 44.1. The molecular formula is C47H85O12P. The molecule has 0 radical (unpaired) electrons. The summed E-state index contributed by atoms with van der Waals surface area (Å²) in [5.41, 5.74) is 0. The summed E-state index contributed by atoms with van der Waals surface area (Å²) >= 11 is 0. The minimum atomic E-state index is -5.03. The number of aliphatic hydroxyl groups is 5. The van der Waals surface area contributed by atoms with Crippen molar-refractivity contribution in [3.63, 3.8) is 0 Å². The van der Waals surface area contributed by atoms with Crippen molar-refractivity contribution in [3.05, 3.63) is 48.6 Å². The van der Waals surface area contributed by atoms with Gasteiger partial charge in [-0.15, -0.1) is 0 Å². The second kappa shape index (κ2) is 37.8. The van der Waals surface area contributed by atoms with Crippen molar-refractivity contribution in [1.29, 1.82) is 0 Å². The molecule has 0 aromatic heterocycles. The number of phosphoric acid groups is 1. The summed E-state index contributed by atoms with van der Waals surface area (Å²) in [6, 6.07) is 0. The number of carbonyl (C=O) groups is 1. The van der Waals surface area contributed by atoms with E-state index < -0.39 is 63.1 Å². The van der Waals surface area contributed by atoms with Crippen LogP contribution in [0.1, 0.15) is 181 Å². The van der Waals surface area contributed by atoms with Crippen molar-refractivity contribution in [2.45, 2.75) is 224 Å². The second-order valence-electron chi connectivity index (χ2n) is 16.2. The molecule has 0 heterocycles. The molecule has 60 heavy (non-hydrogen) atoms. The lowest BCUT2D eigenvalue weighted by Gasteiger charge is -2.41. The third-order valence-electron chi connectivity index (χ3n) is 10.7. The van der Waals surface area contributed by atoms with E-state index in [2.05, 4.69) is 62.5 Å². The van der Waals surface area contributed by atoms with Crippen LogP contribution in [0, 0.1) is 0 Å². The lowest BCUT2D eigenvalue weighted by Crippen LogP contribution is -2.64. The fraction of sp³-hybridized carbons (Fsp3) is 0.809. The van der Waals surface area contributed by atoms with Gasteiger partial charge in [0.15, 0.2) is 0 Å². The monoisotopic (exact) mass is 873 g/mol.